The van der Waals surface area contributed by atoms with E-state index in [9.17, 15) is 8.42 Å². The largest absolute Gasteiger partial charge is 0.316 e. The minimum absolute atomic E-state index is 0.0975. The smallest absolute Gasteiger partial charge is 0.309 e. The molecular formula is C11H24NO3S+. The fourth-order valence-corrected chi connectivity index (χ4v) is 3.58. The Kier molecular flexibility index (Phi) is 4.76. The minimum Gasteiger partial charge on any atom is -0.309 e. The number of piperidine rings is 1. The lowest BCUT2D eigenvalue weighted by molar-refractivity contribution is -0.923. The van der Waals surface area contributed by atoms with Crippen LogP contribution in [-0.4, -0.2) is 43.0 Å². The highest BCUT2D eigenvalue weighted by atomic mass is 32.2. The molecule has 0 saturated carbocycles. The van der Waals surface area contributed by atoms with Crippen molar-refractivity contribution in [1.82, 2.24) is 0 Å². The van der Waals surface area contributed by atoms with Gasteiger partial charge in [-0.05, 0) is 25.2 Å². The molecule has 1 fully saturated rings. The second kappa shape index (κ2) is 5.47. The van der Waals surface area contributed by atoms with Crippen molar-refractivity contribution < 1.29 is 17.5 Å². The van der Waals surface area contributed by atoms with E-state index in [4.69, 9.17) is 4.55 Å². The molecule has 1 saturated heterocycles. The number of hydrogen-bond donors (Lipinski definition) is 1. The molecule has 0 atom stereocenters. The fourth-order valence-electron chi connectivity index (χ4n) is 2.50. The van der Waals surface area contributed by atoms with E-state index in [1.165, 1.54) is 0 Å². The average molecular weight is 250 g/mol. The maximum atomic E-state index is 11.1. The SMILES string of the molecule is CCCC[N+]1(CS(=O)(=O)O)CCC(C)CC1. The molecule has 0 spiro atoms. The summed E-state index contributed by atoms with van der Waals surface area (Å²) < 4.78 is 31.8. The van der Waals surface area contributed by atoms with Gasteiger partial charge in [0, 0.05) is 0 Å². The lowest BCUT2D eigenvalue weighted by Crippen LogP contribution is -2.55. The molecule has 0 aromatic rings. The van der Waals surface area contributed by atoms with Crippen LogP contribution < -0.4 is 0 Å². The maximum absolute atomic E-state index is 11.1. The van der Waals surface area contributed by atoms with Gasteiger partial charge in [0.2, 0.25) is 5.88 Å². The van der Waals surface area contributed by atoms with E-state index in [2.05, 4.69) is 13.8 Å². The molecule has 1 N–H and O–H groups in total. The summed E-state index contributed by atoms with van der Waals surface area (Å²) >= 11 is 0. The van der Waals surface area contributed by atoms with Crippen molar-refractivity contribution >= 4 is 10.1 Å². The summed E-state index contributed by atoms with van der Waals surface area (Å²) in [6.45, 7) is 6.97. The van der Waals surface area contributed by atoms with Crippen LogP contribution in [-0.2, 0) is 10.1 Å². The van der Waals surface area contributed by atoms with E-state index in [1.54, 1.807) is 0 Å². The summed E-state index contributed by atoms with van der Waals surface area (Å²) in [5.74, 6) is 0.592. The highest BCUT2D eigenvalue weighted by Gasteiger charge is 2.35. The zero-order chi connectivity index (χ0) is 12.2. The Hall–Kier alpha value is -0.130. The van der Waals surface area contributed by atoms with Crippen molar-refractivity contribution in [1.29, 1.82) is 0 Å². The Morgan fingerprint density at radius 3 is 2.31 bits per heavy atom. The molecule has 0 aliphatic carbocycles. The lowest BCUT2D eigenvalue weighted by Gasteiger charge is -2.42. The number of nitrogens with zero attached hydrogens (tertiary/aromatic N) is 1. The summed E-state index contributed by atoms with van der Waals surface area (Å²) in [4.78, 5) is 0. The van der Waals surface area contributed by atoms with Crippen LogP contribution in [0.2, 0.25) is 0 Å². The van der Waals surface area contributed by atoms with Crippen molar-refractivity contribution in [3.05, 3.63) is 0 Å². The summed E-state index contributed by atoms with van der Waals surface area (Å²) in [5.41, 5.74) is 0. The molecule has 5 heteroatoms. The van der Waals surface area contributed by atoms with Crippen LogP contribution in [0.3, 0.4) is 0 Å². The predicted octanol–water partition coefficient (Wildman–Crippen LogP) is 1.88. The van der Waals surface area contributed by atoms with Gasteiger partial charge < -0.3 is 4.48 Å². The Balaban J connectivity index is 2.69. The standard InChI is InChI=1S/C11H23NO3S/c1-3-4-7-12(10-16(13,14)15)8-5-11(2)6-9-12/h11H,3-10H2,1-2H3/p+1. The zero-order valence-electron chi connectivity index (χ0n) is 10.4. The first-order valence-corrected chi connectivity index (χ1v) is 7.78. The van der Waals surface area contributed by atoms with Crippen molar-refractivity contribution in [2.45, 2.75) is 39.5 Å². The van der Waals surface area contributed by atoms with Crippen LogP contribution >= 0.6 is 0 Å². The normalized spacial score (nSPS) is 31.6. The van der Waals surface area contributed by atoms with Gasteiger partial charge in [0.25, 0.3) is 0 Å². The van der Waals surface area contributed by atoms with Crippen LogP contribution in [0.1, 0.15) is 39.5 Å². The third-order valence-corrected chi connectivity index (χ3v) is 4.49. The maximum Gasteiger partial charge on any atom is 0.316 e. The van der Waals surface area contributed by atoms with Gasteiger partial charge in [-0.25, -0.2) is 0 Å². The van der Waals surface area contributed by atoms with Gasteiger partial charge in [0.15, 0.2) is 0 Å². The van der Waals surface area contributed by atoms with E-state index in [0.29, 0.717) is 10.4 Å². The van der Waals surface area contributed by atoms with E-state index < -0.39 is 10.1 Å². The third-order valence-electron chi connectivity index (χ3n) is 3.62. The molecule has 96 valence electrons. The van der Waals surface area contributed by atoms with Crippen molar-refractivity contribution in [3.8, 4) is 0 Å². The number of hydrogen-bond acceptors (Lipinski definition) is 2. The first kappa shape index (κ1) is 13.9. The number of likely N-dealkylation sites (tertiary alicyclic amines) is 1. The topological polar surface area (TPSA) is 54.4 Å². The summed E-state index contributed by atoms with van der Waals surface area (Å²) in [6.07, 6.45) is 4.24. The van der Waals surface area contributed by atoms with Crippen LogP contribution in [0.15, 0.2) is 0 Å². The van der Waals surface area contributed by atoms with Gasteiger partial charge in [-0.1, -0.05) is 20.3 Å². The lowest BCUT2D eigenvalue weighted by atomic mass is 9.97. The molecule has 1 heterocycles. The van der Waals surface area contributed by atoms with Gasteiger partial charge in [0.1, 0.15) is 0 Å². The summed E-state index contributed by atoms with van der Waals surface area (Å²) in [7, 11) is -3.86. The minimum atomic E-state index is -3.86. The van der Waals surface area contributed by atoms with Crippen molar-refractivity contribution in [2.75, 3.05) is 25.5 Å². The highest BCUT2D eigenvalue weighted by molar-refractivity contribution is 7.85. The molecule has 0 radical (unpaired) electrons. The molecule has 0 amide bonds. The van der Waals surface area contributed by atoms with E-state index in [1.807, 2.05) is 0 Å². The summed E-state index contributed by atoms with van der Waals surface area (Å²) in [6, 6.07) is 0. The predicted molar refractivity (Wildman–Crippen MR) is 64.6 cm³/mol. The average Bonchev–Trinajstić information content (AvgIpc) is 2.17. The Bertz CT molecular complexity index is 300. The number of quaternary nitrogens is 1. The van der Waals surface area contributed by atoms with Crippen LogP contribution in [0.4, 0.5) is 0 Å². The Labute approximate surface area is 99.0 Å². The molecule has 0 bridgehead atoms. The third kappa shape index (κ3) is 4.39. The van der Waals surface area contributed by atoms with Crippen LogP contribution in [0.5, 0.6) is 0 Å². The molecular weight excluding hydrogens is 226 g/mol. The van der Waals surface area contributed by atoms with E-state index in [0.717, 1.165) is 45.3 Å². The first-order valence-electron chi connectivity index (χ1n) is 6.17. The molecule has 0 aromatic heterocycles. The van der Waals surface area contributed by atoms with Gasteiger partial charge in [-0.15, -0.1) is 0 Å². The summed E-state index contributed by atoms with van der Waals surface area (Å²) in [5, 5.41) is 0. The first-order chi connectivity index (χ1) is 7.37. The fraction of sp³-hybridized carbons (Fsp3) is 1.00. The van der Waals surface area contributed by atoms with E-state index in [-0.39, 0.29) is 5.88 Å². The second-order valence-corrected chi connectivity index (χ2v) is 6.68. The van der Waals surface area contributed by atoms with Crippen LogP contribution in [0, 0.1) is 5.92 Å². The van der Waals surface area contributed by atoms with Crippen molar-refractivity contribution in [2.24, 2.45) is 5.92 Å². The molecule has 16 heavy (non-hydrogen) atoms. The Morgan fingerprint density at radius 2 is 1.88 bits per heavy atom. The van der Waals surface area contributed by atoms with Gasteiger partial charge >= 0.3 is 10.1 Å². The van der Waals surface area contributed by atoms with Gasteiger partial charge in [0.05, 0.1) is 19.6 Å². The molecule has 0 aromatic carbocycles. The number of unbranched alkanes of at least 4 members (excludes halogenated alkanes) is 1. The monoisotopic (exact) mass is 250 g/mol. The Morgan fingerprint density at radius 1 is 1.31 bits per heavy atom. The number of rotatable bonds is 5. The van der Waals surface area contributed by atoms with Gasteiger partial charge in [-0.3, -0.25) is 4.55 Å². The molecule has 1 aliphatic heterocycles. The molecule has 1 rings (SSSR count). The van der Waals surface area contributed by atoms with E-state index >= 15 is 0 Å². The second-order valence-electron chi connectivity index (χ2n) is 5.26. The molecule has 4 nitrogen and oxygen atoms in total. The highest BCUT2D eigenvalue weighted by Crippen LogP contribution is 2.24. The molecule has 0 unspecified atom stereocenters. The quantitative estimate of drug-likeness (QED) is 0.599. The molecule has 1 aliphatic rings. The van der Waals surface area contributed by atoms with Crippen molar-refractivity contribution in [3.63, 3.8) is 0 Å². The van der Waals surface area contributed by atoms with Gasteiger partial charge in [-0.2, -0.15) is 8.42 Å². The van der Waals surface area contributed by atoms with Crippen LogP contribution in [0.25, 0.3) is 0 Å². The zero-order valence-corrected chi connectivity index (χ0v) is 11.2.